The molecule has 1 unspecified atom stereocenters. The molecule has 15 heavy (non-hydrogen) atoms. The number of carbonyl (C=O) groups is 1. The van der Waals surface area contributed by atoms with Crippen LogP contribution in [0.25, 0.3) is 0 Å². The molecule has 0 aliphatic carbocycles. The molecule has 0 fully saturated rings. The fourth-order valence-corrected chi connectivity index (χ4v) is 1.49. The van der Waals surface area contributed by atoms with Gasteiger partial charge in [-0.2, -0.15) is 0 Å². The Morgan fingerprint density at radius 1 is 1.53 bits per heavy atom. The van der Waals surface area contributed by atoms with Crippen LogP contribution >= 0.6 is 0 Å². The van der Waals surface area contributed by atoms with Crippen LogP contribution in [-0.2, 0) is 4.74 Å². The van der Waals surface area contributed by atoms with Crippen molar-refractivity contribution in [2.45, 2.75) is 39.3 Å². The van der Waals surface area contributed by atoms with Crippen molar-refractivity contribution in [1.29, 1.82) is 0 Å². The Balaban J connectivity index is 4.64. The highest BCUT2D eigenvalue weighted by molar-refractivity contribution is 5.66. The van der Waals surface area contributed by atoms with E-state index in [1.54, 1.807) is 0 Å². The van der Waals surface area contributed by atoms with E-state index in [2.05, 4.69) is 0 Å². The van der Waals surface area contributed by atoms with Crippen molar-refractivity contribution >= 4 is 6.09 Å². The molecule has 1 amide bonds. The van der Waals surface area contributed by atoms with Crippen LogP contribution in [0.3, 0.4) is 0 Å². The second kappa shape index (κ2) is 5.92. The molecule has 0 aliphatic rings. The van der Waals surface area contributed by atoms with Crippen LogP contribution in [-0.4, -0.2) is 47.4 Å². The smallest absolute Gasteiger partial charge is 0.408 e. The Hall–Kier alpha value is -0.810. The highest BCUT2D eigenvalue weighted by atomic mass is 16.5. The fraction of sp³-hybridized carbons (Fsp3) is 0.900. The third kappa shape index (κ3) is 4.48. The molecule has 0 bridgehead atoms. The van der Waals surface area contributed by atoms with E-state index in [4.69, 9.17) is 15.6 Å². The number of rotatable bonds is 5. The maximum Gasteiger partial charge on any atom is 0.408 e. The summed E-state index contributed by atoms with van der Waals surface area (Å²) in [5.74, 6) is 0. The molecular formula is C10H22N2O3. The monoisotopic (exact) mass is 218 g/mol. The number of amides is 1. The molecule has 0 heterocycles. The summed E-state index contributed by atoms with van der Waals surface area (Å²) >= 11 is 0. The van der Waals surface area contributed by atoms with Crippen LogP contribution in [0.15, 0.2) is 0 Å². The summed E-state index contributed by atoms with van der Waals surface area (Å²) in [5, 5.41) is 9.12. The lowest BCUT2D eigenvalue weighted by Gasteiger charge is -2.38. The summed E-state index contributed by atoms with van der Waals surface area (Å²) in [6, 6.07) is -0.289. The Morgan fingerprint density at radius 3 is 2.33 bits per heavy atom. The van der Waals surface area contributed by atoms with Gasteiger partial charge in [-0.1, -0.05) is 0 Å². The molecule has 0 rings (SSSR count). The topological polar surface area (TPSA) is 75.8 Å². The van der Waals surface area contributed by atoms with Crippen molar-refractivity contribution in [3.8, 4) is 0 Å². The summed E-state index contributed by atoms with van der Waals surface area (Å²) < 4.78 is 5.23. The van der Waals surface area contributed by atoms with Gasteiger partial charge in [0.15, 0.2) is 0 Å². The van der Waals surface area contributed by atoms with Crippen molar-refractivity contribution in [3.05, 3.63) is 0 Å². The van der Waals surface area contributed by atoms with Gasteiger partial charge in [0.2, 0.25) is 0 Å². The molecule has 0 aromatic carbocycles. The third-order valence-corrected chi connectivity index (χ3v) is 2.08. The Bertz CT molecular complexity index is 201. The first-order chi connectivity index (χ1) is 6.84. The minimum atomic E-state index is -0.961. The second-order valence-corrected chi connectivity index (χ2v) is 4.37. The van der Waals surface area contributed by atoms with Gasteiger partial charge in [-0.05, 0) is 27.7 Å². The summed E-state index contributed by atoms with van der Waals surface area (Å²) in [4.78, 5) is 12.5. The molecular weight excluding hydrogens is 196 g/mol. The van der Waals surface area contributed by atoms with Gasteiger partial charge in [0.25, 0.3) is 0 Å². The number of hydrogen-bond donors (Lipinski definition) is 2. The van der Waals surface area contributed by atoms with E-state index in [9.17, 15) is 4.79 Å². The SMILES string of the molecule is CCOCC(CN)N(C(=O)O)C(C)(C)C. The summed E-state index contributed by atoms with van der Waals surface area (Å²) in [7, 11) is 0. The van der Waals surface area contributed by atoms with Crippen molar-refractivity contribution in [2.75, 3.05) is 19.8 Å². The van der Waals surface area contributed by atoms with E-state index in [-0.39, 0.29) is 12.6 Å². The molecule has 5 heteroatoms. The highest BCUT2D eigenvalue weighted by Gasteiger charge is 2.32. The Morgan fingerprint density at radius 2 is 2.07 bits per heavy atom. The zero-order valence-electron chi connectivity index (χ0n) is 9.99. The van der Waals surface area contributed by atoms with Gasteiger partial charge in [-0.15, -0.1) is 0 Å². The van der Waals surface area contributed by atoms with Crippen molar-refractivity contribution < 1.29 is 14.6 Å². The van der Waals surface area contributed by atoms with Crippen LogP contribution in [0.2, 0.25) is 0 Å². The minimum absolute atomic E-state index is 0.267. The van der Waals surface area contributed by atoms with Gasteiger partial charge in [0.05, 0.1) is 12.6 Å². The number of nitrogens with zero attached hydrogens (tertiary/aromatic N) is 1. The molecule has 5 nitrogen and oxygen atoms in total. The average Bonchev–Trinajstić information content (AvgIpc) is 2.08. The Labute approximate surface area is 91.2 Å². The van der Waals surface area contributed by atoms with Crippen molar-refractivity contribution in [1.82, 2.24) is 4.90 Å². The fourth-order valence-electron chi connectivity index (χ4n) is 1.49. The average molecular weight is 218 g/mol. The van der Waals surface area contributed by atoms with E-state index >= 15 is 0 Å². The van der Waals surface area contributed by atoms with E-state index in [1.807, 2.05) is 27.7 Å². The molecule has 0 saturated heterocycles. The van der Waals surface area contributed by atoms with Crippen molar-refractivity contribution in [3.63, 3.8) is 0 Å². The molecule has 3 N–H and O–H groups in total. The maximum atomic E-state index is 11.1. The molecule has 0 radical (unpaired) electrons. The van der Waals surface area contributed by atoms with Gasteiger partial charge in [0, 0.05) is 18.7 Å². The normalized spacial score (nSPS) is 13.7. The molecule has 0 aromatic rings. The van der Waals surface area contributed by atoms with E-state index < -0.39 is 11.6 Å². The molecule has 0 saturated carbocycles. The molecule has 0 spiro atoms. The standard InChI is InChI=1S/C10H22N2O3/c1-5-15-7-8(6-11)12(9(13)14)10(2,3)4/h8H,5-7,11H2,1-4H3,(H,13,14). The van der Waals surface area contributed by atoms with Gasteiger partial charge in [0.1, 0.15) is 0 Å². The van der Waals surface area contributed by atoms with Crippen LogP contribution in [0.5, 0.6) is 0 Å². The van der Waals surface area contributed by atoms with Crippen molar-refractivity contribution in [2.24, 2.45) is 5.73 Å². The van der Waals surface area contributed by atoms with E-state index in [0.29, 0.717) is 13.2 Å². The maximum absolute atomic E-state index is 11.1. The van der Waals surface area contributed by atoms with Gasteiger partial charge >= 0.3 is 6.09 Å². The largest absolute Gasteiger partial charge is 0.465 e. The first kappa shape index (κ1) is 14.2. The number of nitrogens with two attached hydrogens (primary N) is 1. The molecule has 0 aromatic heterocycles. The third-order valence-electron chi connectivity index (χ3n) is 2.08. The molecule has 1 atom stereocenters. The summed E-state index contributed by atoms with van der Waals surface area (Å²) in [6.07, 6.45) is -0.961. The van der Waals surface area contributed by atoms with Crippen LogP contribution < -0.4 is 5.73 Å². The molecule has 90 valence electrons. The lowest BCUT2D eigenvalue weighted by atomic mass is 10.0. The zero-order valence-corrected chi connectivity index (χ0v) is 9.99. The predicted molar refractivity (Wildman–Crippen MR) is 59.0 cm³/mol. The van der Waals surface area contributed by atoms with E-state index in [1.165, 1.54) is 4.90 Å². The quantitative estimate of drug-likeness (QED) is 0.725. The van der Waals surface area contributed by atoms with Gasteiger partial charge < -0.3 is 15.6 Å². The predicted octanol–water partition coefficient (Wildman–Crippen LogP) is 1.13. The Kier molecular flexibility index (Phi) is 5.60. The summed E-state index contributed by atoms with van der Waals surface area (Å²) in [6.45, 7) is 8.57. The number of hydrogen-bond acceptors (Lipinski definition) is 3. The minimum Gasteiger partial charge on any atom is -0.465 e. The number of carboxylic acid groups (broad SMARTS) is 1. The van der Waals surface area contributed by atoms with E-state index in [0.717, 1.165) is 0 Å². The first-order valence-corrected chi connectivity index (χ1v) is 5.14. The lowest BCUT2D eigenvalue weighted by molar-refractivity contribution is 0.0266. The van der Waals surface area contributed by atoms with Crippen LogP contribution in [0.4, 0.5) is 4.79 Å². The second-order valence-electron chi connectivity index (χ2n) is 4.37. The lowest BCUT2D eigenvalue weighted by Crippen LogP contribution is -2.55. The summed E-state index contributed by atoms with van der Waals surface area (Å²) in [5.41, 5.74) is 5.10. The van der Waals surface area contributed by atoms with Crippen LogP contribution in [0.1, 0.15) is 27.7 Å². The zero-order chi connectivity index (χ0) is 12.1. The highest BCUT2D eigenvalue weighted by Crippen LogP contribution is 2.17. The number of ether oxygens (including phenoxy) is 1. The first-order valence-electron chi connectivity index (χ1n) is 5.14. The van der Waals surface area contributed by atoms with Crippen LogP contribution in [0, 0.1) is 0 Å². The van der Waals surface area contributed by atoms with Gasteiger partial charge in [-0.3, -0.25) is 4.90 Å². The van der Waals surface area contributed by atoms with Gasteiger partial charge in [-0.25, -0.2) is 4.79 Å². The molecule has 0 aliphatic heterocycles.